The van der Waals surface area contributed by atoms with E-state index in [0.717, 1.165) is 18.9 Å². The van der Waals surface area contributed by atoms with Crippen molar-refractivity contribution in [1.82, 2.24) is 4.90 Å². The lowest BCUT2D eigenvalue weighted by Crippen LogP contribution is -2.41. The Hall–Kier alpha value is -0.480. The highest BCUT2D eigenvalue weighted by Crippen LogP contribution is 2.44. The number of rotatable bonds is 4. The van der Waals surface area contributed by atoms with Gasteiger partial charge in [0.2, 0.25) is 0 Å². The van der Waals surface area contributed by atoms with Crippen LogP contribution in [-0.2, 0) is 13.0 Å². The van der Waals surface area contributed by atoms with Gasteiger partial charge in [-0.15, -0.1) is 11.3 Å². The zero-order valence-electron chi connectivity index (χ0n) is 11.4. The number of piperidine rings is 1. The molecular formula is C15H21F2NS. The van der Waals surface area contributed by atoms with Crippen molar-refractivity contribution in [1.29, 1.82) is 0 Å². The predicted molar refractivity (Wildman–Crippen MR) is 75.1 cm³/mol. The molecule has 1 saturated heterocycles. The Bertz CT molecular complexity index is 451. The average Bonchev–Trinajstić information content (AvgIpc) is 3.10. The summed E-state index contributed by atoms with van der Waals surface area (Å²) >= 11 is 1.84. The van der Waals surface area contributed by atoms with Crippen LogP contribution in [0.15, 0.2) is 6.07 Å². The monoisotopic (exact) mass is 285 g/mol. The van der Waals surface area contributed by atoms with E-state index >= 15 is 0 Å². The lowest BCUT2D eigenvalue weighted by Gasteiger charge is -2.31. The molecule has 0 bridgehead atoms. The first kappa shape index (κ1) is 13.5. The van der Waals surface area contributed by atoms with Crippen LogP contribution in [0.1, 0.15) is 53.8 Å². The van der Waals surface area contributed by atoms with Crippen molar-refractivity contribution in [2.45, 2.75) is 57.4 Å². The summed E-state index contributed by atoms with van der Waals surface area (Å²) in [6, 6.07) is 2.29. The molecule has 19 heavy (non-hydrogen) atoms. The maximum absolute atomic E-state index is 13.4. The summed E-state index contributed by atoms with van der Waals surface area (Å²) in [4.78, 5) is 4.67. The third-order valence-corrected chi connectivity index (χ3v) is 5.36. The zero-order chi connectivity index (χ0) is 13.5. The van der Waals surface area contributed by atoms with Crippen LogP contribution < -0.4 is 0 Å². The van der Waals surface area contributed by atoms with E-state index < -0.39 is 5.92 Å². The Morgan fingerprint density at radius 1 is 1.42 bits per heavy atom. The molecule has 0 atom stereocenters. The molecule has 1 aromatic rings. The second-order valence-corrected chi connectivity index (χ2v) is 7.11. The topological polar surface area (TPSA) is 3.24 Å². The minimum Gasteiger partial charge on any atom is -0.292 e. The Balaban J connectivity index is 1.69. The van der Waals surface area contributed by atoms with E-state index in [0.29, 0.717) is 13.0 Å². The highest BCUT2D eigenvalue weighted by atomic mass is 32.1. The van der Waals surface area contributed by atoms with E-state index in [1.165, 1.54) is 28.2 Å². The standard InChI is InChI=1S/C15H21F2NS/c1-2-14-13(11-4-5-11)8-12(19-14)9-18-7-3-6-15(16,17)10-18/h8,11H,2-7,9-10H2,1H3. The highest BCUT2D eigenvalue weighted by Gasteiger charge is 2.35. The van der Waals surface area contributed by atoms with Crippen molar-refractivity contribution < 1.29 is 8.78 Å². The summed E-state index contributed by atoms with van der Waals surface area (Å²) in [6.45, 7) is 3.65. The molecule has 1 aliphatic carbocycles. The maximum atomic E-state index is 13.4. The fraction of sp³-hybridized carbons (Fsp3) is 0.733. The van der Waals surface area contributed by atoms with Gasteiger partial charge in [-0.1, -0.05) is 6.92 Å². The number of likely N-dealkylation sites (tertiary alicyclic amines) is 1. The lowest BCUT2D eigenvalue weighted by atomic mass is 10.1. The van der Waals surface area contributed by atoms with Crippen LogP contribution in [0.4, 0.5) is 8.78 Å². The fourth-order valence-electron chi connectivity index (χ4n) is 3.00. The van der Waals surface area contributed by atoms with E-state index in [1.807, 2.05) is 16.2 Å². The van der Waals surface area contributed by atoms with Crippen molar-refractivity contribution in [3.8, 4) is 0 Å². The van der Waals surface area contributed by atoms with E-state index in [1.54, 1.807) is 0 Å². The Morgan fingerprint density at radius 3 is 2.84 bits per heavy atom. The van der Waals surface area contributed by atoms with Gasteiger partial charge in [-0.05, 0) is 49.8 Å². The van der Waals surface area contributed by atoms with Gasteiger partial charge in [-0.25, -0.2) is 8.78 Å². The largest absolute Gasteiger partial charge is 0.292 e. The summed E-state index contributed by atoms with van der Waals surface area (Å²) in [5.74, 6) is -1.72. The minimum absolute atomic E-state index is 0.0570. The van der Waals surface area contributed by atoms with Crippen molar-refractivity contribution in [3.63, 3.8) is 0 Å². The molecule has 0 aromatic carbocycles. The van der Waals surface area contributed by atoms with E-state index in [2.05, 4.69) is 13.0 Å². The van der Waals surface area contributed by atoms with Crippen molar-refractivity contribution in [3.05, 3.63) is 21.4 Å². The summed E-state index contributed by atoms with van der Waals surface area (Å²) in [6.07, 6.45) is 4.37. The third-order valence-electron chi connectivity index (χ3n) is 4.08. The molecule has 3 rings (SSSR count). The van der Waals surface area contributed by atoms with Crippen molar-refractivity contribution >= 4 is 11.3 Å². The molecule has 0 spiro atoms. The average molecular weight is 285 g/mol. The van der Waals surface area contributed by atoms with Crippen LogP contribution in [0.25, 0.3) is 0 Å². The minimum atomic E-state index is -2.48. The molecule has 2 heterocycles. The summed E-state index contributed by atoms with van der Waals surface area (Å²) in [5.41, 5.74) is 1.51. The first-order chi connectivity index (χ1) is 9.07. The highest BCUT2D eigenvalue weighted by molar-refractivity contribution is 7.12. The lowest BCUT2D eigenvalue weighted by molar-refractivity contribution is -0.0658. The van der Waals surface area contributed by atoms with Gasteiger partial charge in [0.15, 0.2) is 0 Å². The van der Waals surface area contributed by atoms with Crippen LogP contribution in [0.3, 0.4) is 0 Å². The van der Waals surface area contributed by atoms with Crippen LogP contribution in [0.5, 0.6) is 0 Å². The van der Waals surface area contributed by atoms with Crippen molar-refractivity contribution in [2.75, 3.05) is 13.1 Å². The molecule has 1 aromatic heterocycles. The van der Waals surface area contributed by atoms with Gasteiger partial charge in [-0.3, -0.25) is 4.90 Å². The Morgan fingerprint density at radius 2 is 2.21 bits per heavy atom. The quantitative estimate of drug-likeness (QED) is 0.791. The van der Waals surface area contributed by atoms with E-state index in [4.69, 9.17) is 0 Å². The van der Waals surface area contributed by atoms with Gasteiger partial charge in [0.05, 0.1) is 6.54 Å². The number of halogens is 2. The number of hydrogen-bond donors (Lipinski definition) is 0. The molecular weight excluding hydrogens is 264 g/mol. The fourth-order valence-corrected chi connectivity index (χ4v) is 4.23. The van der Waals surface area contributed by atoms with Crippen LogP contribution in [-0.4, -0.2) is 23.9 Å². The van der Waals surface area contributed by atoms with Gasteiger partial charge in [-0.2, -0.15) is 0 Å². The first-order valence-corrected chi connectivity index (χ1v) is 8.11. The number of nitrogens with zero attached hydrogens (tertiary/aromatic N) is 1. The zero-order valence-corrected chi connectivity index (χ0v) is 12.2. The van der Waals surface area contributed by atoms with Crippen LogP contribution >= 0.6 is 11.3 Å². The Kier molecular flexibility index (Phi) is 3.65. The second-order valence-electron chi connectivity index (χ2n) is 5.89. The van der Waals surface area contributed by atoms with Gasteiger partial charge in [0.1, 0.15) is 0 Å². The molecule has 106 valence electrons. The number of thiophene rings is 1. The molecule has 1 aliphatic heterocycles. The molecule has 2 aliphatic rings. The van der Waals surface area contributed by atoms with Gasteiger partial charge < -0.3 is 0 Å². The van der Waals surface area contributed by atoms with Crippen LogP contribution in [0.2, 0.25) is 0 Å². The number of hydrogen-bond acceptors (Lipinski definition) is 2. The van der Waals surface area contributed by atoms with E-state index in [-0.39, 0.29) is 13.0 Å². The van der Waals surface area contributed by atoms with E-state index in [9.17, 15) is 8.78 Å². The predicted octanol–water partition coefficient (Wildman–Crippen LogP) is 4.42. The SMILES string of the molecule is CCc1sc(CN2CCCC(F)(F)C2)cc1C1CC1. The molecule has 0 amide bonds. The van der Waals surface area contributed by atoms with Gasteiger partial charge >= 0.3 is 0 Å². The molecule has 1 saturated carbocycles. The third kappa shape index (κ3) is 3.16. The molecule has 4 heteroatoms. The van der Waals surface area contributed by atoms with Gasteiger partial charge in [0.25, 0.3) is 5.92 Å². The summed E-state index contributed by atoms with van der Waals surface area (Å²) in [5, 5.41) is 0. The second kappa shape index (κ2) is 5.13. The number of aryl methyl sites for hydroxylation is 1. The first-order valence-electron chi connectivity index (χ1n) is 7.29. The summed E-state index contributed by atoms with van der Waals surface area (Å²) < 4.78 is 26.8. The molecule has 1 nitrogen and oxygen atoms in total. The normalized spacial score (nSPS) is 23.7. The molecule has 0 radical (unpaired) electrons. The van der Waals surface area contributed by atoms with Crippen LogP contribution in [0, 0.1) is 0 Å². The molecule has 0 N–H and O–H groups in total. The molecule has 0 unspecified atom stereocenters. The van der Waals surface area contributed by atoms with Crippen molar-refractivity contribution in [2.24, 2.45) is 0 Å². The maximum Gasteiger partial charge on any atom is 0.260 e. The molecule has 2 fully saturated rings. The number of alkyl halides is 2. The Labute approximate surface area is 117 Å². The summed E-state index contributed by atoms with van der Waals surface area (Å²) in [7, 11) is 0. The van der Waals surface area contributed by atoms with Gasteiger partial charge in [0, 0.05) is 22.7 Å². The smallest absolute Gasteiger partial charge is 0.260 e.